The van der Waals surface area contributed by atoms with Gasteiger partial charge in [-0.1, -0.05) is 72.8 Å². The van der Waals surface area contributed by atoms with Crippen LogP contribution in [-0.4, -0.2) is 10.2 Å². The number of nitrogens with zero attached hydrogens (tertiary/aromatic N) is 1. The van der Waals surface area contributed by atoms with Crippen LogP contribution < -0.4 is 0 Å². The Kier molecular flexibility index (Phi) is 2.53. The summed E-state index contributed by atoms with van der Waals surface area (Å²) in [5, 5.41) is 13.9. The second-order valence-corrected chi connectivity index (χ2v) is 5.81. The standard InChI is InChI=1S/C21H14N2/c1-2-7-15-14(6-1)12-13-17-16(15)9-5-10-18(17)21-19-8-3-4-11-20(19)22-23-21/h1-13H,(H,22,23). The van der Waals surface area contributed by atoms with E-state index in [1.807, 2.05) is 6.07 Å². The zero-order chi connectivity index (χ0) is 15.2. The van der Waals surface area contributed by atoms with E-state index in [4.69, 9.17) is 0 Å². The molecular formula is C21H14N2. The van der Waals surface area contributed by atoms with Crippen LogP contribution in [0.1, 0.15) is 0 Å². The molecule has 0 saturated carbocycles. The predicted molar refractivity (Wildman–Crippen MR) is 96.5 cm³/mol. The number of rotatable bonds is 1. The second-order valence-electron chi connectivity index (χ2n) is 5.81. The molecule has 4 aromatic carbocycles. The quantitative estimate of drug-likeness (QED) is 0.404. The summed E-state index contributed by atoms with van der Waals surface area (Å²) in [6.45, 7) is 0. The summed E-state index contributed by atoms with van der Waals surface area (Å²) in [5.74, 6) is 0. The van der Waals surface area contributed by atoms with Crippen LogP contribution in [-0.2, 0) is 0 Å². The largest absolute Gasteiger partial charge is 0.277 e. The molecule has 0 unspecified atom stereocenters. The molecule has 108 valence electrons. The van der Waals surface area contributed by atoms with Crippen molar-refractivity contribution in [2.45, 2.75) is 0 Å². The van der Waals surface area contributed by atoms with Crippen LogP contribution in [0, 0.1) is 0 Å². The Morgan fingerprint density at radius 3 is 2.30 bits per heavy atom. The van der Waals surface area contributed by atoms with Gasteiger partial charge >= 0.3 is 0 Å². The van der Waals surface area contributed by atoms with Crippen molar-refractivity contribution in [3.8, 4) is 11.3 Å². The normalized spacial score (nSPS) is 11.5. The van der Waals surface area contributed by atoms with E-state index >= 15 is 0 Å². The third kappa shape index (κ3) is 1.78. The lowest BCUT2D eigenvalue weighted by Gasteiger charge is -2.08. The Morgan fingerprint density at radius 1 is 0.565 bits per heavy atom. The molecule has 5 rings (SSSR count). The molecular weight excluding hydrogens is 280 g/mol. The fourth-order valence-electron chi connectivity index (χ4n) is 3.42. The van der Waals surface area contributed by atoms with Crippen molar-refractivity contribution in [1.82, 2.24) is 10.2 Å². The average molecular weight is 294 g/mol. The van der Waals surface area contributed by atoms with Crippen LogP contribution in [0.5, 0.6) is 0 Å². The van der Waals surface area contributed by atoms with Gasteiger partial charge in [-0.3, -0.25) is 5.10 Å². The van der Waals surface area contributed by atoms with Gasteiger partial charge in [-0.15, -0.1) is 0 Å². The monoisotopic (exact) mass is 294 g/mol. The SMILES string of the molecule is c1ccc2c(c1)ccc1c(-c3n[nH]c4ccccc34)cccc12. The fraction of sp³-hybridized carbons (Fsp3) is 0. The van der Waals surface area contributed by atoms with Crippen LogP contribution in [0.3, 0.4) is 0 Å². The lowest BCUT2D eigenvalue weighted by atomic mass is 9.96. The van der Waals surface area contributed by atoms with Crippen molar-refractivity contribution in [3.05, 3.63) is 78.9 Å². The first kappa shape index (κ1) is 12.4. The molecule has 23 heavy (non-hydrogen) atoms. The number of nitrogens with one attached hydrogen (secondary N) is 1. The number of para-hydroxylation sites is 1. The van der Waals surface area contributed by atoms with Crippen molar-refractivity contribution in [1.29, 1.82) is 0 Å². The zero-order valence-electron chi connectivity index (χ0n) is 12.5. The predicted octanol–water partition coefficient (Wildman–Crippen LogP) is 5.54. The molecule has 0 atom stereocenters. The number of hydrogen-bond acceptors (Lipinski definition) is 1. The summed E-state index contributed by atoms with van der Waals surface area (Å²) < 4.78 is 0. The number of aromatic nitrogens is 2. The first-order valence-electron chi connectivity index (χ1n) is 7.76. The Morgan fingerprint density at radius 2 is 1.35 bits per heavy atom. The van der Waals surface area contributed by atoms with Gasteiger partial charge in [0.05, 0.1) is 5.52 Å². The van der Waals surface area contributed by atoms with E-state index in [0.717, 1.165) is 16.6 Å². The number of hydrogen-bond donors (Lipinski definition) is 1. The summed E-state index contributed by atoms with van der Waals surface area (Å²) >= 11 is 0. The number of benzene rings is 4. The summed E-state index contributed by atoms with van der Waals surface area (Å²) in [7, 11) is 0. The van der Waals surface area contributed by atoms with Gasteiger partial charge < -0.3 is 0 Å². The van der Waals surface area contributed by atoms with Gasteiger partial charge in [0.15, 0.2) is 0 Å². The van der Waals surface area contributed by atoms with Gasteiger partial charge in [0.25, 0.3) is 0 Å². The maximum atomic E-state index is 4.57. The third-order valence-corrected chi connectivity index (χ3v) is 4.51. The Labute approximate surface area is 133 Å². The Balaban J connectivity index is 1.90. The Bertz CT molecular complexity index is 1170. The van der Waals surface area contributed by atoms with E-state index in [9.17, 15) is 0 Å². The van der Waals surface area contributed by atoms with Gasteiger partial charge in [-0.2, -0.15) is 5.10 Å². The first-order valence-corrected chi connectivity index (χ1v) is 7.76. The maximum absolute atomic E-state index is 4.57. The fourth-order valence-corrected chi connectivity index (χ4v) is 3.42. The van der Waals surface area contributed by atoms with E-state index in [2.05, 4.69) is 83.0 Å². The van der Waals surface area contributed by atoms with Gasteiger partial charge in [-0.05, 0) is 27.6 Å². The van der Waals surface area contributed by atoms with E-state index in [0.29, 0.717) is 0 Å². The van der Waals surface area contributed by atoms with E-state index in [-0.39, 0.29) is 0 Å². The molecule has 0 aliphatic rings. The highest BCUT2D eigenvalue weighted by Gasteiger charge is 2.11. The van der Waals surface area contributed by atoms with Gasteiger partial charge in [0.2, 0.25) is 0 Å². The molecule has 0 radical (unpaired) electrons. The molecule has 5 aromatic rings. The smallest absolute Gasteiger partial charge is 0.101 e. The highest BCUT2D eigenvalue weighted by atomic mass is 15.1. The summed E-state index contributed by atoms with van der Waals surface area (Å²) in [6, 6.07) is 27.6. The lowest BCUT2D eigenvalue weighted by molar-refractivity contribution is 1.12. The minimum Gasteiger partial charge on any atom is -0.277 e. The van der Waals surface area contributed by atoms with E-state index < -0.39 is 0 Å². The molecule has 0 bridgehead atoms. The first-order chi connectivity index (χ1) is 11.4. The Hall–Kier alpha value is -3.13. The topological polar surface area (TPSA) is 28.7 Å². The molecule has 1 N–H and O–H groups in total. The van der Waals surface area contributed by atoms with E-state index in [1.165, 1.54) is 27.1 Å². The summed E-state index contributed by atoms with van der Waals surface area (Å²) in [6.07, 6.45) is 0. The second kappa shape index (κ2) is 4.68. The highest BCUT2D eigenvalue weighted by Crippen LogP contribution is 2.35. The van der Waals surface area contributed by atoms with E-state index in [1.54, 1.807) is 0 Å². The minimum absolute atomic E-state index is 1.02. The maximum Gasteiger partial charge on any atom is 0.101 e. The summed E-state index contributed by atoms with van der Waals surface area (Å²) in [5.41, 5.74) is 3.26. The van der Waals surface area contributed by atoms with Crippen molar-refractivity contribution < 1.29 is 0 Å². The van der Waals surface area contributed by atoms with Crippen LogP contribution in [0.15, 0.2) is 78.9 Å². The van der Waals surface area contributed by atoms with Gasteiger partial charge in [0, 0.05) is 10.9 Å². The highest BCUT2D eigenvalue weighted by molar-refractivity contribution is 6.13. The van der Waals surface area contributed by atoms with Crippen molar-refractivity contribution >= 4 is 32.4 Å². The third-order valence-electron chi connectivity index (χ3n) is 4.51. The van der Waals surface area contributed by atoms with Crippen LogP contribution in [0.2, 0.25) is 0 Å². The van der Waals surface area contributed by atoms with Crippen LogP contribution in [0.4, 0.5) is 0 Å². The molecule has 2 nitrogen and oxygen atoms in total. The molecule has 0 amide bonds. The zero-order valence-corrected chi connectivity index (χ0v) is 12.5. The number of fused-ring (bicyclic) bond motifs is 4. The van der Waals surface area contributed by atoms with Gasteiger partial charge in [0.1, 0.15) is 5.69 Å². The molecule has 0 aliphatic heterocycles. The molecule has 0 spiro atoms. The minimum atomic E-state index is 1.02. The lowest BCUT2D eigenvalue weighted by Crippen LogP contribution is -1.84. The average Bonchev–Trinajstić information content (AvgIpc) is 3.05. The molecule has 0 fully saturated rings. The van der Waals surface area contributed by atoms with Crippen molar-refractivity contribution in [3.63, 3.8) is 0 Å². The van der Waals surface area contributed by atoms with Crippen molar-refractivity contribution in [2.24, 2.45) is 0 Å². The molecule has 0 saturated heterocycles. The van der Waals surface area contributed by atoms with Gasteiger partial charge in [-0.25, -0.2) is 0 Å². The summed E-state index contributed by atoms with van der Waals surface area (Å²) in [4.78, 5) is 0. The molecule has 1 aromatic heterocycles. The van der Waals surface area contributed by atoms with Crippen LogP contribution in [0.25, 0.3) is 43.7 Å². The number of aromatic amines is 1. The number of H-pyrrole nitrogens is 1. The van der Waals surface area contributed by atoms with Crippen LogP contribution >= 0.6 is 0 Å². The van der Waals surface area contributed by atoms with Crippen molar-refractivity contribution in [2.75, 3.05) is 0 Å². The molecule has 0 aliphatic carbocycles. The molecule has 1 heterocycles. The molecule has 2 heteroatoms.